The van der Waals surface area contributed by atoms with Crippen LogP contribution in [0.5, 0.6) is 0 Å². The standard InChI is InChI=1S/C15H14N4OS/c1-10-5-6-19-13(8-10)17-11(2)14(19)15(20)18-16-9-12-4-3-7-21-12/h3-9H,1-2H3,(H,18,20)/b16-9-. The molecule has 0 radical (unpaired) electrons. The lowest BCUT2D eigenvalue weighted by Gasteiger charge is -2.01. The predicted molar refractivity (Wildman–Crippen MR) is 84.0 cm³/mol. The first-order valence-corrected chi connectivity index (χ1v) is 7.35. The Hall–Kier alpha value is -2.47. The van der Waals surface area contributed by atoms with E-state index in [1.165, 1.54) is 0 Å². The molecule has 1 N–H and O–H groups in total. The minimum atomic E-state index is -0.267. The van der Waals surface area contributed by atoms with Crippen molar-refractivity contribution in [3.8, 4) is 0 Å². The number of amides is 1. The Bertz CT molecular complexity index is 818. The van der Waals surface area contributed by atoms with Gasteiger partial charge in [-0.15, -0.1) is 11.3 Å². The van der Waals surface area contributed by atoms with Gasteiger partial charge in [0.05, 0.1) is 11.9 Å². The number of aromatic nitrogens is 2. The van der Waals surface area contributed by atoms with Gasteiger partial charge in [-0.3, -0.25) is 9.20 Å². The molecule has 106 valence electrons. The highest BCUT2D eigenvalue weighted by Crippen LogP contribution is 2.13. The highest BCUT2D eigenvalue weighted by molar-refractivity contribution is 7.11. The molecule has 0 spiro atoms. The van der Waals surface area contributed by atoms with E-state index in [2.05, 4.69) is 15.5 Å². The number of aryl methyl sites for hydroxylation is 2. The number of hydrazone groups is 1. The number of pyridine rings is 1. The van der Waals surface area contributed by atoms with Crippen LogP contribution in [-0.2, 0) is 0 Å². The van der Waals surface area contributed by atoms with Crippen molar-refractivity contribution >= 4 is 29.1 Å². The van der Waals surface area contributed by atoms with Crippen molar-refractivity contribution in [2.45, 2.75) is 13.8 Å². The van der Waals surface area contributed by atoms with Crippen LogP contribution in [0.4, 0.5) is 0 Å². The molecule has 3 heterocycles. The number of nitrogens with one attached hydrogen (secondary N) is 1. The average Bonchev–Trinajstić information content (AvgIpc) is 3.04. The van der Waals surface area contributed by atoms with Gasteiger partial charge in [0.15, 0.2) is 0 Å². The molecule has 0 saturated heterocycles. The third-order valence-corrected chi connectivity index (χ3v) is 3.88. The predicted octanol–water partition coefficient (Wildman–Crippen LogP) is 2.78. The first-order chi connectivity index (χ1) is 10.1. The zero-order chi connectivity index (χ0) is 14.8. The number of thiophene rings is 1. The number of hydrogen-bond donors (Lipinski definition) is 1. The Labute approximate surface area is 126 Å². The molecule has 0 atom stereocenters. The summed E-state index contributed by atoms with van der Waals surface area (Å²) >= 11 is 1.56. The Balaban J connectivity index is 1.86. The summed E-state index contributed by atoms with van der Waals surface area (Å²) in [6.45, 7) is 3.81. The number of nitrogens with zero attached hydrogens (tertiary/aromatic N) is 3. The second-order valence-electron chi connectivity index (χ2n) is 4.69. The van der Waals surface area contributed by atoms with E-state index < -0.39 is 0 Å². The van der Waals surface area contributed by atoms with Crippen LogP contribution in [-0.4, -0.2) is 21.5 Å². The van der Waals surface area contributed by atoms with E-state index in [9.17, 15) is 4.79 Å². The average molecular weight is 298 g/mol. The molecule has 0 saturated carbocycles. The zero-order valence-electron chi connectivity index (χ0n) is 11.7. The van der Waals surface area contributed by atoms with Crippen molar-refractivity contribution < 1.29 is 4.79 Å². The minimum Gasteiger partial charge on any atom is -0.295 e. The Morgan fingerprint density at radius 3 is 3.05 bits per heavy atom. The minimum absolute atomic E-state index is 0.267. The lowest BCUT2D eigenvalue weighted by Crippen LogP contribution is -2.20. The topological polar surface area (TPSA) is 58.8 Å². The molecule has 21 heavy (non-hydrogen) atoms. The number of carbonyl (C=O) groups excluding carboxylic acids is 1. The summed E-state index contributed by atoms with van der Waals surface area (Å²) in [4.78, 5) is 17.7. The Morgan fingerprint density at radius 2 is 2.29 bits per heavy atom. The number of carbonyl (C=O) groups is 1. The molecule has 6 heteroatoms. The number of fused-ring (bicyclic) bond motifs is 1. The van der Waals surface area contributed by atoms with Crippen molar-refractivity contribution in [1.29, 1.82) is 0 Å². The highest BCUT2D eigenvalue weighted by Gasteiger charge is 2.15. The molecule has 0 aromatic carbocycles. The van der Waals surface area contributed by atoms with Crippen LogP contribution in [0.25, 0.3) is 5.65 Å². The molecule has 3 rings (SSSR count). The number of rotatable bonds is 3. The second kappa shape index (κ2) is 5.49. The smallest absolute Gasteiger partial charge is 0.290 e. The first-order valence-electron chi connectivity index (χ1n) is 6.47. The molecule has 0 bridgehead atoms. The molecule has 1 amide bonds. The molecular formula is C15H14N4OS. The van der Waals surface area contributed by atoms with Gasteiger partial charge in [-0.1, -0.05) is 6.07 Å². The number of imidazole rings is 1. The fourth-order valence-corrected chi connectivity index (χ4v) is 2.69. The van der Waals surface area contributed by atoms with Gasteiger partial charge in [-0.25, -0.2) is 10.4 Å². The fourth-order valence-electron chi connectivity index (χ4n) is 2.11. The SMILES string of the molecule is Cc1ccn2c(C(=O)N/N=C\c3cccs3)c(C)nc2c1. The van der Waals surface area contributed by atoms with Gasteiger partial charge in [0.25, 0.3) is 5.91 Å². The Kier molecular flexibility index (Phi) is 3.53. The van der Waals surface area contributed by atoms with Gasteiger partial charge in [-0.05, 0) is 43.0 Å². The van der Waals surface area contributed by atoms with Crippen LogP contribution in [0.2, 0.25) is 0 Å². The molecule has 0 aliphatic carbocycles. The Morgan fingerprint density at radius 1 is 1.43 bits per heavy atom. The monoisotopic (exact) mass is 298 g/mol. The van der Waals surface area contributed by atoms with Gasteiger partial charge in [0, 0.05) is 11.1 Å². The van der Waals surface area contributed by atoms with E-state index in [0.717, 1.165) is 16.1 Å². The van der Waals surface area contributed by atoms with Gasteiger partial charge in [-0.2, -0.15) is 5.10 Å². The molecule has 0 unspecified atom stereocenters. The number of hydrogen-bond acceptors (Lipinski definition) is 4. The lowest BCUT2D eigenvalue weighted by molar-refractivity contribution is 0.0948. The van der Waals surface area contributed by atoms with E-state index >= 15 is 0 Å². The maximum atomic E-state index is 12.3. The fraction of sp³-hybridized carbons (Fsp3) is 0.133. The van der Waals surface area contributed by atoms with Gasteiger partial charge < -0.3 is 0 Å². The van der Waals surface area contributed by atoms with Crippen molar-refractivity contribution in [2.75, 3.05) is 0 Å². The van der Waals surface area contributed by atoms with E-state index in [0.29, 0.717) is 11.4 Å². The summed E-state index contributed by atoms with van der Waals surface area (Å²) in [5, 5.41) is 5.94. The first kappa shape index (κ1) is 13.5. The molecule has 3 aromatic rings. The molecule has 0 aliphatic heterocycles. The van der Waals surface area contributed by atoms with Crippen LogP contribution in [0.1, 0.15) is 26.6 Å². The van der Waals surface area contributed by atoms with Gasteiger partial charge >= 0.3 is 0 Å². The summed E-state index contributed by atoms with van der Waals surface area (Å²) in [6.07, 6.45) is 3.48. The summed E-state index contributed by atoms with van der Waals surface area (Å²) in [6, 6.07) is 7.76. The molecule has 5 nitrogen and oxygen atoms in total. The van der Waals surface area contributed by atoms with Gasteiger partial charge in [0.2, 0.25) is 0 Å². The molecule has 0 aliphatic rings. The second-order valence-corrected chi connectivity index (χ2v) is 5.67. The van der Waals surface area contributed by atoms with Gasteiger partial charge in [0.1, 0.15) is 11.3 Å². The summed E-state index contributed by atoms with van der Waals surface area (Å²) in [7, 11) is 0. The highest BCUT2D eigenvalue weighted by atomic mass is 32.1. The van der Waals surface area contributed by atoms with E-state index in [1.54, 1.807) is 22.0 Å². The molecule has 0 fully saturated rings. The molecular weight excluding hydrogens is 284 g/mol. The maximum absolute atomic E-state index is 12.3. The lowest BCUT2D eigenvalue weighted by atomic mass is 10.3. The summed E-state index contributed by atoms with van der Waals surface area (Å²) < 4.78 is 1.78. The quantitative estimate of drug-likeness (QED) is 0.597. The van der Waals surface area contributed by atoms with Crippen molar-refractivity contribution in [1.82, 2.24) is 14.8 Å². The van der Waals surface area contributed by atoms with Crippen LogP contribution in [0.15, 0.2) is 40.9 Å². The third-order valence-electron chi connectivity index (χ3n) is 3.07. The van der Waals surface area contributed by atoms with Crippen molar-refractivity contribution in [3.05, 3.63) is 57.7 Å². The largest absolute Gasteiger partial charge is 0.295 e. The van der Waals surface area contributed by atoms with Crippen LogP contribution in [0, 0.1) is 13.8 Å². The summed E-state index contributed by atoms with van der Waals surface area (Å²) in [5.74, 6) is -0.267. The van der Waals surface area contributed by atoms with E-state index in [4.69, 9.17) is 0 Å². The zero-order valence-corrected chi connectivity index (χ0v) is 12.5. The maximum Gasteiger partial charge on any atom is 0.290 e. The van der Waals surface area contributed by atoms with E-state index in [1.807, 2.05) is 49.7 Å². The third kappa shape index (κ3) is 2.71. The van der Waals surface area contributed by atoms with Crippen LogP contribution >= 0.6 is 11.3 Å². The van der Waals surface area contributed by atoms with E-state index in [-0.39, 0.29) is 5.91 Å². The van der Waals surface area contributed by atoms with Crippen LogP contribution in [0.3, 0.4) is 0 Å². The van der Waals surface area contributed by atoms with Crippen molar-refractivity contribution in [3.63, 3.8) is 0 Å². The van der Waals surface area contributed by atoms with Crippen molar-refractivity contribution in [2.24, 2.45) is 5.10 Å². The molecule has 3 aromatic heterocycles. The normalized spacial score (nSPS) is 11.3. The van der Waals surface area contributed by atoms with Crippen LogP contribution < -0.4 is 5.43 Å². The summed E-state index contributed by atoms with van der Waals surface area (Å²) in [5.41, 5.74) is 5.61.